The monoisotopic (exact) mass is 349 g/mol. The maximum Gasteiger partial charge on any atom is 2.00 e. The number of benzene rings is 2. The van der Waals surface area contributed by atoms with Crippen LogP contribution >= 0.6 is 0 Å². The van der Waals surface area contributed by atoms with Gasteiger partial charge in [-0.3, -0.25) is 0 Å². The molecule has 0 bridgehead atoms. The van der Waals surface area contributed by atoms with Crippen molar-refractivity contribution in [2.45, 2.75) is 9.79 Å². The van der Waals surface area contributed by atoms with Crippen LogP contribution in [-0.2, 0) is 20.2 Å². The van der Waals surface area contributed by atoms with E-state index in [0.717, 1.165) is 24.3 Å². The van der Waals surface area contributed by atoms with E-state index in [1.807, 2.05) is 0 Å². The fourth-order valence-electron chi connectivity index (χ4n) is 1.51. The van der Waals surface area contributed by atoms with Crippen molar-refractivity contribution in [1.82, 2.24) is 0 Å². The fourth-order valence-corrected chi connectivity index (χ4v) is 2.53. The third-order valence-corrected chi connectivity index (χ3v) is 4.02. The minimum absolute atomic E-state index is 0. The van der Waals surface area contributed by atoms with E-state index in [9.17, 15) is 25.9 Å². The predicted octanol–water partition coefficient (Wildman–Crippen LogP) is -2.73. The smallest absolute Gasteiger partial charge is 0.744 e. The first-order valence-corrected chi connectivity index (χ1v) is 7.45. The summed E-state index contributed by atoms with van der Waals surface area (Å²) in [7, 11) is -9.24. The van der Waals surface area contributed by atoms with Crippen molar-refractivity contribution >= 4 is 68.7 Å². The maximum atomic E-state index is 10.8. The molecule has 0 saturated heterocycles. The zero-order valence-corrected chi connectivity index (χ0v) is 16.3. The molecule has 6 nitrogen and oxygen atoms in total. The summed E-state index contributed by atoms with van der Waals surface area (Å²) < 4.78 is 64.9. The van der Waals surface area contributed by atoms with Crippen molar-refractivity contribution in [3.05, 3.63) is 36.4 Å². The molecule has 2 aromatic carbocycles. The molecule has 0 fully saturated rings. The SMILES string of the molecule is O=S(=O)([O-])c1ccc2ccc(S(=O)(=O)[O-])cc2c1.[Ca+2].[Na+]. The summed E-state index contributed by atoms with van der Waals surface area (Å²) >= 11 is 0. The van der Waals surface area contributed by atoms with Gasteiger partial charge < -0.3 is 9.11 Å². The fraction of sp³-hybridized carbons (Fsp3) is 0. The Morgan fingerprint density at radius 2 is 1.05 bits per heavy atom. The van der Waals surface area contributed by atoms with Crippen LogP contribution in [0, 0.1) is 0 Å². The first kappa shape index (κ1) is 20.8. The summed E-state index contributed by atoms with van der Waals surface area (Å²) in [5.74, 6) is 0. The van der Waals surface area contributed by atoms with E-state index in [2.05, 4.69) is 0 Å². The van der Waals surface area contributed by atoms with Crippen LogP contribution in [0.2, 0.25) is 0 Å². The summed E-state index contributed by atoms with van der Waals surface area (Å²) in [4.78, 5) is -0.953. The van der Waals surface area contributed by atoms with Crippen LogP contribution in [0.4, 0.5) is 0 Å². The van der Waals surface area contributed by atoms with E-state index in [1.165, 1.54) is 12.1 Å². The van der Waals surface area contributed by atoms with Gasteiger partial charge in [0.1, 0.15) is 20.2 Å². The zero-order valence-electron chi connectivity index (χ0n) is 10.4. The molecule has 2 aromatic rings. The van der Waals surface area contributed by atoms with Crippen molar-refractivity contribution in [3.8, 4) is 0 Å². The van der Waals surface area contributed by atoms with Gasteiger partial charge in [0, 0.05) is 0 Å². The number of hydrogen-bond donors (Lipinski definition) is 0. The molecular formula is C10H6CaNaO6S2+. The summed E-state index contributed by atoms with van der Waals surface area (Å²) in [6.45, 7) is 0. The van der Waals surface area contributed by atoms with E-state index < -0.39 is 30.0 Å². The molecule has 0 saturated carbocycles. The second-order valence-corrected chi connectivity index (χ2v) is 6.34. The molecule has 0 aliphatic heterocycles. The van der Waals surface area contributed by atoms with Crippen LogP contribution in [0.25, 0.3) is 10.8 Å². The standard InChI is InChI=1S/C10H8O6S2.Ca.Na/c11-17(12,13)9-3-1-7-2-4-10(18(14,15)16)6-8(7)5-9;;/h1-6H,(H,11,12,13)(H,14,15,16);;/q;+2;+1/p-2. The van der Waals surface area contributed by atoms with Gasteiger partial charge >= 0.3 is 67.3 Å². The molecule has 0 N–H and O–H groups in total. The van der Waals surface area contributed by atoms with Crippen LogP contribution < -0.4 is 29.6 Å². The van der Waals surface area contributed by atoms with Crippen LogP contribution in [0.15, 0.2) is 46.2 Å². The molecule has 0 radical (unpaired) electrons. The van der Waals surface area contributed by atoms with E-state index in [-0.39, 0.29) is 72.7 Å². The molecule has 0 aromatic heterocycles. The molecule has 0 heterocycles. The summed E-state index contributed by atoms with van der Waals surface area (Å²) in [6.07, 6.45) is 0. The average Bonchev–Trinajstić information content (AvgIpc) is 2.25. The molecule has 10 heteroatoms. The Balaban J connectivity index is 0.00000180. The van der Waals surface area contributed by atoms with E-state index >= 15 is 0 Å². The van der Waals surface area contributed by atoms with Gasteiger partial charge in [0.2, 0.25) is 0 Å². The van der Waals surface area contributed by atoms with Crippen molar-refractivity contribution in [1.29, 1.82) is 0 Å². The summed E-state index contributed by atoms with van der Waals surface area (Å²) in [6, 6.07) is 7.04. The van der Waals surface area contributed by atoms with Gasteiger partial charge in [-0.25, -0.2) is 16.8 Å². The second-order valence-electron chi connectivity index (χ2n) is 3.58. The summed E-state index contributed by atoms with van der Waals surface area (Å²) in [5.41, 5.74) is 0. The predicted molar refractivity (Wildman–Crippen MR) is 65.6 cm³/mol. The number of rotatable bonds is 2. The molecule has 0 amide bonds. The second kappa shape index (κ2) is 7.36. The molecule has 2 rings (SSSR count). The Morgan fingerprint density at radius 3 is 1.35 bits per heavy atom. The van der Waals surface area contributed by atoms with Crippen LogP contribution in [0.3, 0.4) is 0 Å². The van der Waals surface area contributed by atoms with Crippen LogP contribution in [0.5, 0.6) is 0 Å². The van der Waals surface area contributed by atoms with Gasteiger partial charge in [0.25, 0.3) is 0 Å². The Labute approximate surface area is 168 Å². The maximum absolute atomic E-state index is 10.8. The van der Waals surface area contributed by atoms with Gasteiger partial charge in [-0.1, -0.05) is 12.1 Å². The Morgan fingerprint density at radius 1 is 0.700 bits per heavy atom. The molecule has 20 heavy (non-hydrogen) atoms. The quantitative estimate of drug-likeness (QED) is 0.430. The van der Waals surface area contributed by atoms with Crippen molar-refractivity contribution in [3.63, 3.8) is 0 Å². The van der Waals surface area contributed by atoms with Gasteiger partial charge in [0.05, 0.1) is 9.79 Å². The Bertz CT molecular complexity index is 765. The van der Waals surface area contributed by atoms with Crippen molar-refractivity contribution in [2.75, 3.05) is 0 Å². The van der Waals surface area contributed by atoms with Crippen LogP contribution in [0.1, 0.15) is 0 Å². The van der Waals surface area contributed by atoms with E-state index in [4.69, 9.17) is 0 Å². The minimum atomic E-state index is -4.62. The molecule has 0 atom stereocenters. The largest absolute Gasteiger partial charge is 2.00 e. The first-order chi connectivity index (χ1) is 8.18. The third-order valence-electron chi connectivity index (χ3n) is 2.36. The molecule has 0 unspecified atom stereocenters. The molecule has 0 aliphatic rings. The van der Waals surface area contributed by atoms with Gasteiger partial charge in [-0.2, -0.15) is 0 Å². The zero-order chi connectivity index (χ0) is 13.6. The third kappa shape index (κ3) is 4.91. The van der Waals surface area contributed by atoms with Crippen molar-refractivity contribution < 1.29 is 55.5 Å². The topological polar surface area (TPSA) is 114 Å². The van der Waals surface area contributed by atoms with E-state index in [0.29, 0.717) is 5.39 Å². The summed E-state index contributed by atoms with van der Waals surface area (Å²) in [5, 5.41) is 0.721. The van der Waals surface area contributed by atoms with Crippen LogP contribution in [-0.4, -0.2) is 63.7 Å². The molecule has 96 valence electrons. The Kier molecular flexibility index (Phi) is 7.65. The first-order valence-electron chi connectivity index (χ1n) is 4.63. The molecular weight excluding hydrogens is 343 g/mol. The van der Waals surface area contributed by atoms with Crippen molar-refractivity contribution in [2.24, 2.45) is 0 Å². The number of hydrogen-bond acceptors (Lipinski definition) is 6. The van der Waals surface area contributed by atoms with Gasteiger partial charge in [0.15, 0.2) is 0 Å². The number of fused-ring (bicyclic) bond motifs is 1. The molecule has 0 spiro atoms. The minimum Gasteiger partial charge on any atom is -0.744 e. The van der Waals surface area contributed by atoms with Gasteiger partial charge in [-0.15, -0.1) is 0 Å². The normalized spacial score (nSPS) is 11.5. The average molecular weight is 349 g/mol. The molecule has 0 aliphatic carbocycles. The van der Waals surface area contributed by atoms with E-state index in [1.54, 1.807) is 0 Å². The van der Waals surface area contributed by atoms with Gasteiger partial charge in [-0.05, 0) is 35.0 Å². The Hall–Kier alpha value is 0.780.